The van der Waals surface area contributed by atoms with Crippen LogP contribution in [-0.4, -0.2) is 70.2 Å². The van der Waals surface area contributed by atoms with E-state index in [4.69, 9.17) is 11.6 Å². The molecule has 10 heteroatoms. The van der Waals surface area contributed by atoms with E-state index < -0.39 is 0 Å². The molecule has 9 nitrogen and oxygen atoms in total. The van der Waals surface area contributed by atoms with Crippen LogP contribution in [0.25, 0.3) is 0 Å². The number of anilines is 1. The van der Waals surface area contributed by atoms with Gasteiger partial charge in [0, 0.05) is 44.5 Å². The molecule has 0 aromatic carbocycles. The fourth-order valence-corrected chi connectivity index (χ4v) is 2.35. The number of halogens is 1. The number of nitrogens with one attached hydrogen (secondary N) is 2. The van der Waals surface area contributed by atoms with Gasteiger partial charge >= 0.3 is 0 Å². The first-order valence-corrected chi connectivity index (χ1v) is 8.05. The highest BCUT2D eigenvalue weighted by Crippen LogP contribution is 2.06. The van der Waals surface area contributed by atoms with E-state index in [1.807, 2.05) is 0 Å². The molecule has 23 heavy (non-hydrogen) atoms. The Kier molecular flexibility index (Phi) is 6.75. The average Bonchev–Trinajstić information content (AvgIpc) is 2.53. The predicted octanol–water partition coefficient (Wildman–Crippen LogP) is 0.950. The second-order valence-corrected chi connectivity index (χ2v) is 5.92. The molecule has 1 aliphatic rings. The second kappa shape index (κ2) is 8.80. The lowest BCUT2D eigenvalue weighted by Crippen LogP contribution is -2.50. The van der Waals surface area contributed by atoms with Gasteiger partial charge in [0.2, 0.25) is 11.1 Å². The summed E-state index contributed by atoms with van der Waals surface area (Å²) >= 11 is 5.67. The summed E-state index contributed by atoms with van der Waals surface area (Å²) in [4.78, 5) is 10.6. The fraction of sp³-hybridized carbons (Fsp3) is 0.692. The number of piperazine rings is 1. The molecule has 0 saturated carbocycles. The maximum Gasteiger partial charge on any atom is 0.243 e. The molecule has 1 aliphatic heterocycles. The molecule has 1 fully saturated rings. The van der Waals surface area contributed by atoms with E-state index in [1.165, 1.54) is 6.20 Å². The van der Waals surface area contributed by atoms with Gasteiger partial charge in [-0.25, -0.2) is 9.99 Å². The van der Waals surface area contributed by atoms with E-state index in [1.54, 1.807) is 11.1 Å². The lowest BCUT2D eigenvalue weighted by Gasteiger charge is -2.34. The van der Waals surface area contributed by atoms with E-state index in [0.717, 1.165) is 26.2 Å². The minimum atomic E-state index is 0.103. The summed E-state index contributed by atoms with van der Waals surface area (Å²) in [6, 6.07) is 2.08. The van der Waals surface area contributed by atoms with Crippen molar-refractivity contribution < 1.29 is 4.97 Å². The SMILES string of the molecule is CC(C)NCCN1CCN(/[N+]([O-])=N/Nc2ccnc(Cl)n2)CC1. The molecule has 0 spiro atoms. The van der Waals surface area contributed by atoms with Crippen LogP contribution in [0, 0.1) is 5.21 Å². The first-order chi connectivity index (χ1) is 11.0. The van der Waals surface area contributed by atoms with Gasteiger partial charge in [0.15, 0.2) is 0 Å². The van der Waals surface area contributed by atoms with Crippen LogP contribution in [0.15, 0.2) is 17.5 Å². The topological polar surface area (TPSA) is 94.8 Å². The summed E-state index contributed by atoms with van der Waals surface area (Å²) in [6.45, 7) is 9.17. The summed E-state index contributed by atoms with van der Waals surface area (Å²) in [6.07, 6.45) is 1.49. The number of nitrogens with zero attached hydrogens (tertiary/aromatic N) is 6. The molecule has 2 rings (SSSR count). The Labute approximate surface area is 140 Å². The predicted molar refractivity (Wildman–Crippen MR) is 87.9 cm³/mol. The molecular formula is C13H23ClN8O. The molecule has 2 heterocycles. The van der Waals surface area contributed by atoms with Crippen LogP contribution in [0.1, 0.15) is 13.8 Å². The summed E-state index contributed by atoms with van der Waals surface area (Å²) in [5.41, 5.74) is 2.58. The third-order valence-electron chi connectivity index (χ3n) is 3.45. The van der Waals surface area contributed by atoms with Crippen LogP contribution in [0.2, 0.25) is 5.28 Å². The van der Waals surface area contributed by atoms with Crippen LogP contribution < -0.4 is 10.7 Å². The van der Waals surface area contributed by atoms with Gasteiger partial charge in [-0.2, -0.15) is 4.98 Å². The Morgan fingerprint density at radius 1 is 1.39 bits per heavy atom. The largest absolute Gasteiger partial charge is 0.673 e. The highest BCUT2D eigenvalue weighted by molar-refractivity contribution is 6.28. The maximum atomic E-state index is 12.0. The minimum absolute atomic E-state index is 0.103. The summed E-state index contributed by atoms with van der Waals surface area (Å²) < 4.78 is 0. The number of hydrazine groups is 1. The van der Waals surface area contributed by atoms with Crippen LogP contribution in [0.5, 0.6) is 0 Å². The Balaban J connectivity index is 1.74. The van der Waals surface area contributed by atoms with Crippen molar-refractivity contribution in [3.05, 3.63) is 22.8 Å². The number of hydrogen-bond donors (Lipinski definition) is 2. The Morgan fingerprint density at radius 3 is 2.78 bits per heavy atom. The van der Waals surface area contributed by atoms with E-state index in [9.17, 15) is 5.21 Å². The molecule has 0 bridgehead atoms. The van der Waals surface area contributed by atoms with Crippen molar-refractivity contribution in [1.82, 2.24) is 25.2 Å². The van der Waals surface area contributed by atoms with Crippen molar-refractivity contribution in [1.29, 1.82) is 0 Å². The van der Waals surface area contributed by atoms with Gasteiger partial charge < -0.3 is 10.5 Å². The monoisotopic (exact) mass is 342 g/mol. The Bertz CT molecular complexity index is 518. The normalized spacial score (nSPS) is 16.9. The summed E-state index contributed by atoms with van der Waals surface area (Å²) in [5, 5.41) is 20.9. The standard InChI is InChI=1S/C13H23ClN8O/c1-11(2)15-5-6-20-7-9-21(10-8-20)22(23)19-18-12-3-4-16-13(14)17-12/h3-4,11,15H,5-10H2,1-2H3,(H,16,17,18)/b22-19-. The zero-order valence-electron chi connectivity index (χ0n) is 13.4. The smallest absolute Gasteiger partial charge is 0.243 e. The molecule has 2 N–H and O–H groups in total. The van der Waals surface area contributed by atoms with E-state index >= 15 is 0 Å². The number of aromatic nitrogens is 2. The van der Waals surface area contributed by atoms with Crippen molar-refractivity contribution in [2.24, 2.45) is 5.22 Å². The van der Waals surface area contributed by atoms with Gasteiger partial charge in [0.1, 0.15) is 5.22 Å². The third kappa shape index (κ3) is 6.12. The van der Waals surface area contributed by atoms with Gasteiger partial charge in [0.25, 0.3) is 0 Å². The highest BCUT2D eigenvalue weighted by atomic mass is 35.5. The van der Waals surface area contributed by atoms with E-state index in [-0.39, 0.29) is 5.28 Å². The molecule has 1 aromatic heterocycles. The lowest BCUT2D eigenvalue weighted by atomic mass is 10.3. The van der Waals surface area contributed by atoms with Crippen molar-refractivity contribution in [2.45, 2.75) is 19.9 Å². The molecule has 1 saturated heterocycles. The zero-order valence-corrected chi connectivity index (χ0v) is 14.2. The van der Waals surface area contributed by atoms with Gasteiger partial charge in [-0.05, 0) is 11.6 Å². The van der Waals surface area contributed by atoms with E-state index in [0.29, 0.717) is 29.9 Å². The molecule has 1 aromatic rings. The molecule has 0 radical (unpaired) electrons. The van der Waals surface area contributed by atoms with Crippen molar-refractivity contribution in [3.8, 4) is 0 Å². The number of rotatable bonds is 7. The van der Waals surface area contributed by atoms with Crippen LogP contribution in [-0.2, 0) is 0 Å². The van der Waals surface area contributed by atoms with Crippen molar-refractivity contribution >= 4 is 17.4 Å². The minimum Gasteiger partial charge on any atom is -0.673 e. The Hall–Kier alpha value is -1.71. The molecule has 0 unspecified atom stereocenters. The maximum absolute atomic E-state index is 12.0. The van der Waals surface area contributed by atoms with Gasteiger partial charge in [-0.3, -0.25) is 4.90 Å². The molecule has 0 amide bonds. The molecule has 0 atom stereocenters. The molecule has 128 valence electrons. The molecular weight excluding hydrogens is 320 g/mol. The average molecular weight is 343 g/mol. The quantitative estimate of drug-likeness (QED) is 0.329. The van der Waals surface area contributed by atoms with Crippen LogP contribution >= 0.6 is 11.6 Å². The molecule has 0 aliphatic carbocycles. The lowest BCUT2D eigenvalue weighted by molar-refractivity contribution is -0.694. The number of hydrogen-bond acceptors (Lipinski definition) is 6. The van der Waals surface area contributed by atoms with Crippen molar-refractivity contribution in [2.75, 3.05) is 44.7 Å². The van der Waals surface area contributed by atoms with Crippen LogP contribution in [0.4, 0.5) is 5.82 Å². The van der Waals surface area contributed by atoms with Crippen molar-refractivity contribution in [3.63, 3.8) is 0 Å². The van der Waals surface area contributed by atoms with Gasteiger partial charge in [-0.15, -0.1) is 5.43 Å². The Morgan fingerprint density at radius 2 is 2.13 bits per heavy atom. The van der Waals surface area contributed by atoms with Crippen LogP contribution in [0.3, 0.4) is 0 Å². The van der Waals surface area contributed by atoms with Gasteiger partial charge in [-0.1, -0.05) is 18.8 Å². The first kappa shape index (κ1) is 17.6. The van der Waals surface area contributed by atoms with Gasteiger partial charge in [0.05, 0.1) is 13.1 Å². The second-order valence-electron chi connectivity index (χ2n) is 5.58. The summed E-state index contributed by atoms with van der Waals surface area (Å²) in [7, 11) is 0. The first-order valence-electron chi connectivity index (χ1n) is 7.67. The fourth-order valence-electron chi connectivity index (χ4n) is 2.20. The zero-order chi connectivity index (χ0) is 16.7. The third-order valence-corrected chi connectivity index (χ3v) is 3.63. The highest BCUT2D eigenvalue weighted by Gasteiger charge is 2.18. The summed E-state index contributed by atoms with van der Waals surface area (Å²) in [5.74, 6) is 0.379. The van der Waals surface area contributed by atoms with E-state index in [2.05, 4.69) is 44.7 Å².